The first-order valence-electron chi connectivity index (χ1n) is 4.91. The molecule has 16 heavy (non-hydrogen) atoms. The van der Waals surface area contributed by atoms with Crippen LogP contribution in [0.2, 0.25) is 0 Å². The molecule has 1 amide bonds. The highest BCUT2D eigenvalue weighted by Gasteiger charge is 2.23. The summed E-state index contributed by atoms with van der Waals surface area (Å²) >= 11 is 5.04. The fourth-order valence-corrected chi connectivity index (χ4v) is 3.41. The molecule has 0 aliphatic rings. The van der Waals surface area contributed by atoms with Crippen LogP contribution in [0.4, 0.5) is 0 Å². The van der Waals surface area contributed by atoms with E-state index >= 15 is 0 Å². The number of nitrogens with two attached hydrogens (primary N) is 2. The van der Waals surface area contributed by atoms with E-state index in [1.165, 1.54) is 0 Å². The lowest BCUT2D eigenvalue weighted by atomic mass is 10.1. The Morgan fingerprint density at radius 1 is 1.62 bits per heavy atom. The number of likely N-dealkylation sites (N-methyl/N-ethyl adjacent to an activating group) is 1. The molecule has 4 nitrogen and oxygen atoms in total. The van der Waals surface area contributed by atoms with E-state index in [9.17, 15) is 4.79 Å². The zero-order valence-corrected chi connectivity index (χ0v) is 11.7. The molecule has 0 radical (unpaired) electrons. The van der Waals surface area contributed by atoms with Gasteiger partial charge in [0.25, 0.3) is 0 Å². The Morgan fingerprint density at radius 2 is 2.25 bits per heavy atom. The van der Waals surface area contributed by atoms with Crippen molar-refractivity contribution in [2.45, 2.75) is 19.0 Å². The van der Waals surface area contributed by atoms with E-state index in [2.05, 4.69) is 15.9 Å². The molecule has 1 rings (SSSR count). The fourth-order valence-electron chi connectivity index (χ4n) is 1.71. The number of thiophene rings is 1. The minimum absolute atomic E-state index is 0.0174. The highest BCUT2D eigenvalue weighted by atomic mass is 79.9. The third-order valence-corrected chi connectivity index (χ3v) is 3.96. The van der Waals surface area contributed by atoms with Gasteiger partial charge in [0.1, 0.15) is 0 Å². The Kier molecular flexibility index (Phi) is 4.91. The summed E-state index contributed by atoms with van der Waals surface area (Å²) in [4.78, 5) is 13.9. The second-order valence-electron chi connectivity index (χ2n) is 3.83. The summed E-state index contributed by atoms with van der Waals surface area (Å²) in [7, 11) is 1.85. The predicted molar refractivity (Wildman–Crippen MR) is 70.2 cm³/mol. The second kappa shape index (κ2) is 5.77. The summed E-state index contributed by atoms with van der Waals surface area (Å²) in [6.07, 6.45) is 0. The molecule has 1 aromatic heterocycles. The van der Waals surface area contributed by atoms with Crippen LogP contribution in [-0.4, -0.2) is 30.4 Å². The zero-order valence-electron chi connectivity index (χ0n) is 9.31. The summed E-state index contributed by atoms with van der Waals surface area (Å²) in [6, 6.07) is 3.95. The number of hydrogen-bond acceptors (Lipinski definition) is 4. The van der Waals surface area contributed by atoms with Crippen LogP contribution in [0.1, 0.15) is 17.8 Å². The molecule has 4 N–H and O–H groups in total. The first-order valence-corrected chi connectivity index (χ1v) is 6.52. The number of nitrogens with zero attached hydrogens (tertiary/aromatic N) is 1. The normalized spacial score (nSPS) is 15.1. The van der Waals surface area contributed by atoms with E-state index in [1.54, 1.807) is 11.3 Å². The lowest BCUT2D eigenvalue weighted by molar-refractivity contribution is -0.119. The highest BCUT2D eigenvalue weighted by molar-refractivity contribution is 9.11. The molecule has 90 valence electrons. The topological polar surface area (TPSA) is 72.3 Å². The second-order valence-corrected chi connectivity index (χ2v) is 6.32. The maximum Gasteiger partial charge on any atom is 0.231 e. The van der Waals surface area contributed by atoms with Crippen molar-refractivity contribution >= 4 is 33.2 Å². The van der Waals surface area contributed by atoms with E-state index in [0.29, 0.717) is 0 Å². The molecule has 0 aliphatic heterocycles. The van der Waals surface area contributed by atoms with Crippen molar-refractivity contribution in [2.24, 2.45) is 11.5 Å². The lowest BCUT2D eigenvalue weighted by Gasteiger charge is -2.29. The Bertz CT molecular complexity index is 367. The van der Waals surface area contributed by atoms with Gasteiger partial charge >= 0.3 is 0 Å². The van der Waals surface area contributed by atoms with Crippen LogP contribution in [0.15, 0.2) is 15.9 Å². The van der Waals surface area contributed by atoms with Crippen molar-refractivity contribution in [3.63, 3.8) is 0 Å². The summed E-state index contributed by atoms with van der Waals surface area (Å²) in [6.45, 7) is 2.14. The van der Waals surface area contributed by atoms with Crippen molar-refractivity contribution in [3.05, 3.63) is 20.8 Å². The maximum absolute atomic E-state index is 10.9. The van der Waals surface area contributed by atoms with Crippen LogP contribution in [0.25, 0.3) is 0 Å². The molecule has 0 saturated heterocycles. The minimum Gasteiger partial charge on any atom is -0.369 e. The molecule has 0 saturated carbocycles. The highest BCUT2D eigenvalue weighted by Crippen LogP contribution is 2.31. The number of amides is 1. The van der Waals surface area contributed by atoms with Crippen molar-refractivity contribution < 1.29 is 4.79 Å². The summed E-state index contributed by atoms with van der Waals surface area (Å²) < 4.78 is 1.06. The van der Waals surface area contributed by atoms with Crippen LogP contribution < -0.4 is 11.5 Å². The van der Waals surface area contributed by atoms with Gasteiger partial charge in [-0.05, 0) is 42.0 Å². The van der Waals surface area contributed by atoms with Crippen molar-refractivity contribution in [3.8, 4) is 0 Å². The largest absolute Gasteiger partial charge is 0.369 e. The quantitative estimate of drug-likeness (QED) is 0.861. The summed E-state index contributed by atoms with van der Waals surface area (Å²) in [5.74, 6) is -0.344. The average molecular weight is 306 g/mol. The van der Waals surface area contributed by atoms with E-state index in [4.69, 9.17) is 11.5 Å². The van der Waals surface area contributed by atoms with Crippen molar-refractivity contribution in [1.82, 2.24) is 4.90 Å². The van der Waals surface area contributed by atoms with E-state index in [0.717, 1.165) is 8.66 Å². The first kappa shape index (κ1) is 13.6. The van der Waals surface area contributed by atoms with Crippen molar-refractivity contribution in [1.29, 1.82) is 0 Å². The molecule has 6 heteroatoms. The molecule has 0 fully saturated rings. The number of rotatable bonds is 5. The average Bonchev–Trinajstić information content (AvgIpc) is 2.49. The number of halogens is 1. The Balaban J connectivity index is 2.86. The third kappa shape index (κ3) is 3.55. The number of carbonyl (C=O) groups is 1. The van der Waals surface area contributed by atoms with Crippen molar-refractivity contribution in [2.75, 3.05) is 13.6 Å². The van der Waals surface area contributed by atoms with Gasteiger partial charge in [-0.1, -0.05) is 0 Å². The number of hydrogen-bond donors (Lipinski definition) is 2. The standard InChI is InChI=1S/C10H16BrN3OS/c1-6(12)10(14(2)5-9(13)15)7-3-4-8(11)16-7/h3-4,6,10H,5,12H2,1-2H3,(H2,13,15). The molecule has 0 aliphatic carbocycles. The molecule has 0 bridgehead atoms. The Morgan fingerprint density at radius 3 is 2.62 bits per heavy atom. The van der Waals surface area contributed by atoms with Crippen LogP contribution in [0, 0.1) is 0 Å². The van der Waals surface area contributed by atoms with Gasteiger partial charge in [-0.3, -0.25) is 9.69 Å². The van der Waals surface area contributed by atoms with Crippen LogP contribution in [0.3, 0.4) is 0 Å². The number of carbonyl (C=O) groups excluding carboxylic acids is 1. The molecular formula is C10H16BrN3OS. The smallest absolute Gasteiger partial charge is 0.231 e. The maximum atomic E-state index is 10.9. The summed E-state index contributed by atoms with van der Waals surface area (Å²) in [5.41, 5.74) is 11.1. The lowest BCUT2D eigenvalue weighted by Crippen LogP contribution is -2.41. The van der Waals surface area contributed by atoms with E-state index in [-0.39, 0.29) is 24.5 Å². The van der Waals surface area contributed by atoms with Gasteiger partial charge in [-0.2, -0.15) is 0 Å². The predicted octanol–water partition coefficient (Wildman–Crippen LogP) is 1.32. The fraction of sp³-hybridized carbons (Fsp3) is 0.500. The van der Waals surface area contributed by atoms with Gasteiger partial charge < -0.3 is 11.5 Å². The molecule has 2 atom stereocenters. The first-order chi connectivity index (χ1) is 7.41. The molecule has 1 aromatic rings. The summed E-state index contributed by atoms with van der Waals surface area (Å²) in [5, 5.41) is 0. The molecular weight excluding hydrogens is 290 g/mol. The monoisotopic (exact) mass is 305 g/mol. The van der Waals surface area contributed by atoms with Gasteiger partial charge in [-0.25, -0.2) is 0 Å². The van der Waals surface area contributed by atoms with Gasteiger partial charge in [0.2, 0.25) is 5.91 Å². The minimum atomic E-state index is -0.344. The van der Waals surface area contributed by atoms with Crippen LogP contribution in [-0.2, 0) is 4.79 Å². The zero-order chi connectivity index (χ0) is 12.3. The van der Waals surface area contributed by atoms with Crippen LogP contribution in [0.5, 0.6) is 0 Å². The number of primary amides is 1. The molecule has 0 spiro atoms. The molecule has 1 heterocycles. The Labute approximate surface area is 108 Å². The van der Waals surface area contributed by atoms with E-state index in [1.807, 2.05) is 31.0 Å². The van der Waals surface area contributed by atoms with Crippen LogP contribution >= 0.6 is 27.3 Å². The van der Waals surface area contributed by atoms with Gasteiger partial charge in [-0.15, -0.1) is 11.3 Å². The molecule has 2 unspecified atom stereocenters. The van der Waals surface area contributed by atoms with Gasteiger partial charge in [0, 0.05) is 10.9 Å². The van der Waals surface area contributed by atoms with Gasteiger partial charge in [0.15, 0.2) is 0 Å². The van der Waals surface area contributed by atoms with Gasteiger partial charge in [0.05, 0.1) is 16.4 Å². The Hall–Kier alpha value is -0.430. The third-order valence-electron chi connectivity index (χ3n) is 2.26. The molecule has 0 aromatic carbocycles. The van der Waals surface area contributed by atoms with E-state index < -0.39 is 0 Å². The SMILES string of the molecule is CC(N)C(c1ccc(Br)s1)N(C)CC(N)=O.